The minimum atomic E-state index is -0.739. The highest BCUT2D eigenvalue weighted by Gasteiger charge is 2.57. The van der Waals surface area contributed by atoms with Crippen LogP contribution in [0.1, 0.15) is 73.1 Å². The number of carboxylic acids is 1. The number of rotatable bonds is 7. The van der Waals surface area contributed by atoms with Crippen molar-refractivity contribution in [1.82, 2.24) is 0 Å². The van der Waals surface area contributed by atoms with E-state index in [9.17, 15) is 14.7 Å². The zero-order chi connectivity index (χ0) is 20.4. The van der Waals surface area contributed by atoms with E-state index < -0.39 is 17.5 Å². The normalized spacial score (nSPS) is 37.1. The second kappa shape index (κ2) is 8.34. The van der Waals surface area contributed by atoms with Crippen molar-refractivity contribution in [2.45, 2.75) is 79.2 Å². The van der Waals surface area contributed by atoms with E-state index in [0.29, 0.717) is 12.3 Å². The number of carbonyl (C=O) groups is 2. The molecule has 2 rings (SSSR count). The van der Waals surface area contributed by atoms with Crippen molar-refractivity contribution < 1.29 is 24.5 Å². The minimum absolute atomic E-state index is 0.0237. The molecule has 0 radical (unpaired) electrons. The van der Waals surface area contributed by atoms with Gasteiger partial charge in [0.25, 0.3) is 0 Å². The number of aliphatic hydroxyl groups excluding tert-OH is 1. The molecule has 0 aliphatic heterocycles. The van der Waals surface area contributed by atoms with E-state index in [1.165, 1.54) is 12.5 Å². The second-order valence-electron chi connectivity index (χ2n) is 9.42. The molecule has 0 bridgehead atoms. The maximum atomic E-state index is 11.4. The van der Waals surface area contributed by atoms with E-state index in [4.69, 9.17) is 9.84 Å². The van der Waals surface area contributed by atoms with Gasteiger partial charge in [-0.15, -0.1) is 0 Å². The monoisotopic (exact) mass is 380 g/mol. The molecule has 2 N–H and O–H groups in total. The molecule has 6 atom stereocenters. The van der Waals surface area contributed by atoms with Crippen LogP contribution in [0.2, 0.25) is 0 Å². The van der Waals surface area contributed by atoms with Crippen molar-refractivity contribution in [3.8, 4) is 0 Å². The third-order valence-corrected chi connectivity index (χ3v) is 7.39. The van der Waals surface area contributed by atoms with Crippen molar-refractivity contribution in [3.63, 3.8) is 0 Å². The lowest BCUT2D eigenvalue weighted by molar-refractivity contribution is -0.169. The quantitative estimate of drug-likeness (QED) is 0.511. The predicted molar refractivity (Wildman–Crippen MR) is 104 cm³/mol. The molecular weight excluding hydrogens is 344 g/mol. The molecule has 2 aliphatic rings. The molecule has 0 aromatic rings. The summed E-state index contributed by atoms with van der Waals surface area (Å²) in [5.74, 6) is -0.288. The van der Waals surface area contributed by atoms with Gasteiger partial charge < -0.3 is 14.9 Å². The Morgan fingerprint density at radius 3 is 2.63 bits per heavy atom. The Hall–Kier alpha value is -1.36. The number of ether oxygens (including phenoxy) is 1. The van der Waals surface area contributed by atoms with Gasteiger partial charge in [0.15, 0.2) is 0 Å². The van der Waals surface area contributed by atoms with Gasteiger partial charge in [0.1, 0.15) is 0 Å². The fraction of sp³-hybridized carbons (Fsp3) is 0.818. The number of esters is 1. The first kappa shape index (κ1) is 21.9. The molecule has 0 aromatic heterocycles. The van der Waals surface area contributed by atoms with Crippen molar-refractivity contribution in [2.75, 3.05) is 6.61 Å². The maximum absolute atomic E-state index is 11.4. The van der Waals surface area contributed by atoms with Gasteiger partial charge in [-0.2, -0.15) is 0 Å². The number of hydrogen-bond acceptors (Lipinski definition) is 4. The van der Waals surface area contributed by atoms with E-state index in [0.717, 1.165) is 25.7 Å². The summed E-state index contributed by atoms with van der Waals surface area (Å²) in [6, 6.07) is 0. The Kier molecular flexibility index (Phi) is 6.77. The van der Waals surface area contributed by atoms with Crippen LogP contribution in [-0.4, -0.2) is 34.9 Å². The molecule has 0 amide bonds. The first-order valence-corrected chi connectivity index (χ1v) is 10.2. The van der Waals surface area contributed by atoms with Gasteiger partial charge >= 0.3 is 11.9 Å². The van der Waals surface area contributed by atoms with Crippen LogP contribution in [-0.2, 0) is 14.3 Å². The summed E-state index contributed by atoms with van der Waals surface area (Å²) in [6.07, 6.45) is 6.39. The van der Waals surface area contributed by atoms with E-state index >= 15 is 0 Å². The van der Waals surface area contributed by atoms with Gasteiger partial charge in [0.2, 0.25) is 0 Å². The van der Waals surface area contributed by atoms with Crippen molar-refractivity contribution >= 4 is 11.9 Å². The topological polar surface area (TPSA) is 83.8 Å². The van der Waals surface area contributed by atoms with Crippen LogP contribution in [0.15, 0.2) is 11.6 Å². The van der Waals surface area contributed by atoms with Crippen LogP contribution in [0, 0.1) is 28.6 Å². The molecule has 27 heavy (non-hydrogen) atoms. The van der Waals surface area contributed by atoms with Gasteiger partial charge in [-0.3, -0.25) is 9.59 Å². The highest BCUT2D eigenvalue weighted by Crippen LogP contribution is 2.60. The first-order valence-electron chi connectivity index (χ1n) is 10.2. The van der Waals surface area contributed by atoms with Crippen LogP contribution < -0.4 is 0 Å². The van der Waals surface area contributed by atoms with Gasteiger partial charge in [-0.25, -0.2) is 0 Å². The lowest BCUT2D eigenvalue weighted by Gasteiger charge is -2.59. The molecule has 0 saturated heterocycles. The molecule has 0 spiro atoms. The van der Waals surface area contributed by atoms with E-state index in [1.807, 2.05) is 6.92 Å². The summed E-state index contributed by atoms with van der Waals surface area (Å²) in [6.45, 7) is 10.2. The molecule has 0 heterocycles. The number of allylic oxidation sites excluding steroid dienone is 2. The summed E-state index contributed by atoms with van der Waals surface area (Å²) < 4.78 is 5.37. The number of aliphatic hydroxyl groups is 1. The molecule has 1 fully saturated rings. The lowest BCUT2D eigenvalue weighted by atomic mass is 9.47. The fourth-order valence-electron chi connectivity index (χ4n) is 5.72. The van der Waals surface area contributed by atoms with Gasteiger partial charge in [0, 0.05) is 18.8 Å². The molecule has 5 heteroatoms. The van der Waals surface area contributed by atoms with Gasteiger partial charge in [-0.1, -0.05) is 32.4 Å². The summed E-state index contributed by atoms with van der Waals surface area (Å²) in [4.78, 5) is 22.4. The number of fused-ring (bicyclic) bond motifs is 1. The highest BCUT2D eigenvalue weighted by molar-refractivity contribution is 5.67. The van der Waals surface area contributed by atoms with Crippen LogP contribution in [0.3, 0.4) is 0 Å². The molecule has 2 aliphatic carbocycles. The average Bonchev–Trinajstić information content (AvgIpc) is 2.55. The second-order valence-corrected chi connectivity index (χ2v) is 9.42. The van der Waals surface area contributed by atoms with Crippen LogP contribution in [0.25, 0.3) is 0 Å². The fourth-order valence-corrected chi connectivity index (χ4v) is 5.72. The maximum Gasteiger partial charge on any atom is 0.303 e. The highest BCUT2D eigenvalue weighted by atomic mass is 16.5. The first-order chi connectivity index (χ1) is 12.5. The van der Waals surface area contributed by atoms with E-state index in [2.05, 4.69) is 26.8 Å². The third-order valence-electron chi connectivity index (χ3n) is 7.39. The SMILES string of the molecule is CC(=O)OC[C@@]1(C)[C@H]2CC=C(C)[C@@H](CCC(C)CC(=O)O)[C@]2(C)CC[C@@H]1O. The Morgan fingerprint density at radius 1 is 1.37 bits per heavy atom. The van der Waals surface area contributed by atoms with Crippen LogP contribution in [0.4, 0.5) is 0 Å². The van der Waals surface area contributed by atoms with Crippen LogP contribution >= 0.6 is 0 Å². The van der Waals surface area contributed by atoms with Crippen molar-refractivity contribution in [2.24, 2.45) is 28.6 Å². The lowest BCUT2D eigenvalue weighted by Crippen LogP contribution is -2.57. The van der Waals surface area contributed by atoms with Gasteiger partial charge in [-0.05, 0) is 62.2 Å². The average molecular weight is 381 g/mol. The summed E-state index contributed by atoms with van der Waals surface area (Å²) in [7, 11) is 0. The van der Waals surface area contributed by atoms with Gasteiger partial charge in [0.05, 0.1) is 12.7 Å². The predicted octanol–water partition coefficient (Wildman–Crippen LogP) is 4.19. The Labute approximate surface area is 163 Å². The standard InChI is InChI=1S/C22H36O5/c1-14(12-20(25)26)6-8-17-15(2)7-9-18-21(17,4)11-10-19(24)22(18,5)13-27-16(3)23/h7,14,17-19,24H,6,8-13H2,1-5H3,(H,25,26)/t14?,17-,18+,19+,21+,22+/m1/s1. The minimum Gasteiger partial charge on any atom is -0.481 e. The number of carbonyl (C=O) groups excluding carboxylic acids is 1. The number of carboxylic acid groups (broad SMARTS) is 1. The summed E-state index contributed by atoms with van der Waals surface area (Å²) in [5.41, 5.74) is 0.943. The summed E-state index contributed by atoms with van der Waals surface area (Å²) in [5, 5.41) is 19.8. The molecule has 0 aromatic carbocycles. The molecule has 154 valence electrons. The zero-order valence-corrected chi connectivity index (χ0v) is 17.5. The van der Waals surface area contributed by atoms with Crippen molar-refractivity contribution in [1.29, 1.82) is 0 Å². The smallest absolute Gasteiger partial charge is 0.303 e. The van der Waals surface area contributed by atoms with Crippen molar-refractivity contribution in [3.05, 3.63) is 11.6 Å². The Morgan fingerprint density at radius 2 is 2.04 bits per heavy atom. The molecule has 5 nitrogen and oxygen atoms in total. The molecular formula is C22H36O5. The zero-order valence-electron chi connectivity index (χ0n) is 17.5. The van der Waals surface area contributed by atoms with Crippen LogP contribution in [0.5, 0.6) is 0 Å². The largest absolute Gasteiger partial charge is 0.481 e. The Bertz CT molecular complexity index is 598. The van der Waals surface area contributed by atoms with E-state index in [-0.39, 0.29) is 36.2 Å². The molecule has 1 unspecified atom stereocenters. The Balaban J connectivity index is 2.23. The number of hydrogen-bond donors (Lipinski definition) is 2. The third kappa shape index (κ3) is 4.56. The number of aliphatic carboxylic acids is 1. The summed E-state index contributed by atoms with van der Waals surface area (Å²) >= 11 is 0. The van der Waals surface area contributed by atoms with E-state index in [1.54, 1.807) is 0 Å². The molecule has 1 saturated carbocycles.